The summed E-state index contributed by atoms with van der Waals surface area (Å²) >= 11 is 6.13. The van der Waals surface area contributed by atoms with Crippen molar-refractivity contribution in [2.45, 2.75) is 44.7 Å². The van der Waals surface area contributed by atoms with Gasteiger partial charge in [0.25, 0.3) is 11.5 Å². The Morgan fingerprint density at radius 2 is 1.91 bits per heavy atom. The van der Waals surface area contributed by atoms with E-state index in [1.54, 1.807) is 18.2 Å². The quantitative estimate of drug-likeness (QED) is 0.482. The van der Waals surface area contributed by atoms with E-state index in [0.717, 1.165) is 25.7 Å². The molecule has 4 aromatic rings. The van der Waals surface area contributed by atoms with Crippen LogP contribution in [0.25, 0.3) is 16.7 Å². The number of aryl methyl sites for hydroxylation is 1. The molecule has 2 heterocycles. The van der Waals surface area contributed by atoms with Crippen molar-refractivity contribution < 1.29 is 9.18 Å². The van der Waals surface area contributed by atoms with Gasteiger partial charge < -0.3 is 5.32 Å². The molecule has 176 valence electrons. The maximum atomic E-state index is 13.4. The number of hydrogen-bond acceptors (Lipinski definition) is 4. The van der Waals surface area contributed by atoms with E-state index in [4.69, 9.17) is 11.6 Å². The summed E-state index contributed by atoms with van der Waals surface area (Å²) in [6.07, 6.45) is 5.25. The first kappa shape index (κ1) is 22.3. The minimum Gasteiger partial charge on any atom is -0.349 e. The molecule has 0 saturated heterocycles. The van der Waals surface area contributed by atoms with E-state index < -0.39 is 11.5 Å². The Balaban J connectivity index is 1.61. The second kappa shape index (κ2) is 8.72. The normalized spacial score (nSPS) is 14.7. The number of fused-ring (bicyclic) bond motifs is 3. The smallest absolute Gasteiger partial charge is 0.349 e. The summed E-state index contributed by atoms with van der Waals surface area (Å²) in [6.45, 7) is -0.00281. The van der Waals surface area contributed by atoms with Crippen LogP contribution in [0.15, 0.2) is 46.0 Å². The maximum absolute atomic E-state index is 13.4. The summed E-state index contributed by atoms with van der Waals surface area (Å²) < 4.78 is 17.2. The van der Waals surface area contributed by atoms with Crippen LogP contribution in [0.1, 0.15) is 48.0 Å². The Morgan fingerprint density at radius 1 is 1.15 bits per heavy atom. The first-order chi connectivity index (χ1) is 16.3. The van der Waals surface area contributed by atoms with E-state index in [-0.39, 0.29) is 34.9 Å². The number of rotatable bonds is 4. The summed E-state index contributed by atoms with van der Waals surface area (Å²) in [5.41, 5.74) is 0.347. The van der Waals surface area contributed by atoms with Crippen LogP contribution in [-0.4, -0.2) is 30.7 Å². The molecule has 1 aliphatic carbocycles. The number of amides is 1. The molecule has 0 unspecified atom stereocenters. The molecule has 34 heavy (non-hydrogen) atoms. The highest BCUT2D eigenvalue weighted by atomic mass is 35.5. The molecule has 1 saturated carbocycles. The summed E-state index contributed by atoms with van der Waals surface area (Å²) in [4.78, 5) is 39.2. The highest BCUT2D eigenvalue weighted by molar-refractivity contribution is 6.31. The van der Waals surface area contributed by atoms with Crippen LogP contribution in [0.3, 0.4) is 0 Å². The van der Waals surface area contributed by atoms with Crippen molar-refractivity contribution in [1.29, 1.82) is 0 Å². The second-order valence-electron chi connectivity index (χ2n) is 8.72. The van der Waals surface area contributed by atoms with E-state index in [0.29, 0.717) is 22.0 Å². The monoisotopic (exact) mass is 483 g/mol. The lowest BCUT2D eigenvalue weighted by molar-refractivity contribution is 0.0928. The third kappa shape index (κ3) is 3.90. The molecule has 2 aromatic heterocycles. The lowest BCUT2D eigenvalue weighted by atomic mass is 9.95. The van der Waals surface area contributed by atoms with E-state index in [2.05, 4.69) is 10.4 Å². The molecule has 0 radical (unpaired) electrons. The zero-order chi connectivity index (χ0) is 24.0. The van der Waals surface area contributed by atoms with Gasteiger partial charge >= 0.3 is 5.69 Å². The van der Waals surface area contributed by atoms with Crippen molar-refractivity contribution in [3.05, 3.63) is 79.2 Å². The largest absolute Gasteiger partial charge is 0.352 e. The maximum Gasteiger partial charge on any atom is 0.352 e. The summed E-state index contributed by atoms with van der Waals surface area (Å²) in [7, 11) is 1.53. The van der Waals surface area contributed by atoms with E-state index in [1.165, 1.54) is 45.3 Å². The van der Waals surface area contributed by atoms with Gasteiger partial charge in [0.15, 0.2) is 0 Å². The zero-order valence-corrected chi connectivity index (χ0v) is 19.3. The van der Waals surface area contributed by atoms with E-state index in [1.807, 2.05) is 0 Å². The molecule has 1 N–H and O–H groups in total. The minimum atomic E-state index is -0.499. The molecule has 0 spiro atoms. The number of carbonyl (C=O) groups excluding carboxylic acids is 1. The Labute approximate surface area is 198 Å². The average molecular weight is 484 g/mol. The predicted molar refractivity (Wildman–Crippen MR) is 127 cm³/mol. The number of halogens is 2. The van der Waals surface area contributed by atoms with Crippen LogP contribution in [0, 0.1) is 5.82 Å². The molecule has 1 amide bonds. The van der Waals surface area contributed by atoms with Gasteiger partial charge in [0.1, 0.15) is 5.82 Å². The molecule has 2 aromatic carbocycles. The molecule has 10 heteroatoms. The number of nitrogens with zero attached hydrogens (tertiary/aromatic N) is 4. The fourth-order valence-corrected chi connectivity index (χ4v) is 4.79. The second-order valence-corrected chi connectivity index (χ2v) is 9.12. The fraction of sp³-hybridized carbons (Fsp3) is 0.333. The third-order valence-electron chi connectivity index (χ3n) is 6.43. The van der Waals surface area contributed by atoms with Crippen molar-refractivity contribution >= 4 is 34.2 Å². The molecule has 1 fully saturated rings. The number of aromatic nitrogens is 4. The predicted octanol–water partition coefficient (Wildman–Crippen LogP) is 3.25. The molecular formula is C24H23ClFN5O3. The highest BCUT2D eigenvalue weighted by Gasteiger charge is 2.20. The van der Waals surface area contributed by atoms with Crippen molar-refractivity contribution in [3.63, 3.8) is 0 Å². The van der Waals surface area contributed by atoms with Gasteiger partial charge in [-0.25, -0.2) is 18.3 Å². The van der Waals surface area contributed by atoms with Crippen LogP contribution < -0.4 is 16.6 Å². The number of carbonyl (C=O) groups is 1. The zero-order valence-electron chi connectivity index (χ0n) is 18.6. The van der Waals surface area contributed by atoms with Gasteiger partial charge in [0, 0.05) is 23.7 Å². The molecular weight excluding hydrogens is 461 g/mol. The van der Waals surface area contributed by atoms with Gasteiger partial charge in [-0.3, -0.25) is 14.2 Å². The summed E-state index contributed by atoms with van der Waals surface area (Å²) in [5, 5.41) is 7.86. The van der Waals surface area contributed by atoms with Gasteiger partial charge in [-0.2, -0.15) is 0 Å². The van der Waals surface area contributed by atoms with Gasteiger partial charge in [-0.1, -0.05) is 36.9 Å². The minimum absolute atomic E-state index is 0.00281. The number of hydrogen-bond donors (Lipinski definition) is 1. The van der Waals surface area contributed by atoms with Gasteiger partial charge in [-0.15, -0.1) is 5.10 Å². The summed E-state index contributed by atoms with van der Waals surface area (Å²) in [6, 6.07) is 8.75. The van der Waals surface area contributed by atoms with Crippen molar-refractivity contribution in [2.24, 2.45) is 7.05 Å². The number of nitrogens with one attached hydrogen (secondary N) is 1. The van der Waals surface area contributed by atoms with Crippen LogP contribution >= 0.6 is 11.6 Å². The third-order valence-corrected chi connectivity index (χ3v) is 6.79. The van der Waals surface area contributed by atoms with Crippen LogP contribution in [0.2, 0.25) is 5.02 Å². The molecule has 1 aliphatic rings. The Hall–Kier alpha value is -3.46. The number of benzene rings is 2. The Kier molecular flexibility index (Phi) is 5.73. The van der Waals surface area contributed by atoms with E-state index >= 15 is 0 Å². The lowest BCUT2D eigenvalue weighted by Gasteiger charge is -2.22. The van der Waals surface area contributed by atoms with Gasteiger partial charge in [-0.05, 0) is 48.7 Å². The van der Waals surface area contributed by atoms with Gasteiger partial charge in [0.2, 0.25) is 5.78 Å². The Morgan fingerprint density at radius 3 is 2.65 bits per heavy atom. The first-order valence-corrected chi connectivity index (χ1v) is 11.6. The highest BCUT2D eigenvalue weighted by Crippen LogP contribution is 2.20. The molecule has 0 aliphatic heterocycles. The fourth-order valence-electron chi connectivity index (χ4n) is 4.56. The van der Waals surface area contributed by atoms with Crippen LogP contribution in [-0.2, 0) is 13.6 Å². The first-order valence-electron chi connectivity index (χ1n) is 11.2. The Bertz CT molecular complexity index is 1550. The molecule has 0 bridgehead atoms. The summed E-state index contributed by atoms with van der Waals surface area (Å²) in [5.74, 6) is -0.588. The van der Waals surface area contributed by atoms with Crippen molar-refractivity contribution in [1.82, 2.24) is 24.1 Å². The molecule has 5 rings (SSSR count). The van der Waals surface area contributed by atoms with Crippen LogP contribution in [0.4, 0.5) is 4.39 Å². The van der Waals surface area contributed by atoms with Crippen LogP contribution in [0.5, 0.6) is 0 Å². The molecule has 8 nitrogen and oxygen atoms in total. The van der Waals surface area contributed by atoms with Crippen molar-refractivity contribution in [2.75, 3.05) is 0 Å². The molecule has 0 atom stereocenters. The average Bonchev–Trinajstić information content (AvgIpc) is 3.15. The standard InChI is InChI=1S/C24H23ClFN5O3/c1-29-22(33)18-10-8-14(21(32)27-17-5-3-2-4-6-17)11-20(18)31-23(29)28-30(24(31)34)13-15-7-9-16(26)12-19(15)25/h7-12,17H,2-6,13H2,1H3,(H,27,32). The van der Waals surface area contributed by atoms with E-state index in [9.17, 15) is 18.8 Å². The SMILES string of the molecule is Cn1c(=O)c2ccc(C(=O)NC3CCCCC3)cc2n2c(=O)n(Cc3ccc(F)cc3Cl)nc12. The van der Waals surface area contributed by atoms with Gasteiger partial charge in [0.05, 0.1) is 17.4 Å². The van der Waals surface area contributed by atoms with Crippen molar-refractivity contribution in [3.8, 4) is 0 Å². The topological polar surface area (TPSA) is 90.4 Å². The lowest BCUT2D eigenvalue weighted by Crippen LogP contribution is -2.36.